The van der Waals surface area contributed by atoms with Crippen molar-refractivity contribution >= 4 is 34.2 Å². The number of benzene rings is 1. The third-order valence-corrected chi connectivity index (χ3v) is 4.00. The first-order valence-electron chi connectivity index (χ1n) is 6.93. The molecule has 2 rings (SSSR count). The minimum Gasteiger partial charge on any atom is -0.352 e. The molecule has 0 aromatic heterocycles. The van der Waals surface area contributed by atoms with Crippen molar-refractivity contribution in [1.29, 1.82) is 0 Å². The van der Waals surface area contributed by atoms with Gasteiger partial charge in [0.1, 0.15) is 0 Å². The van der Waals surface area contributed by atoms with Gasteiger partial charge in [0.2, 0.25) is 5.91 Å². The summed E-state index contributed by atoms with van der Waals surface area (Å²) in [6, 6.07) is 8.41. The average molecular weight is 362 g/mol. The van der Waals surface area contributed by atoms with Gasteiger partial charge in [-0.15, -0.1) is 12.4 Å². The monoisotopic (exact) mass is 360 g/mol. The van der Waals surface area contributed by atoms with E-state index in [1.807, 2.05) is 12.1 Å². The highest BCUT2D eigenvalue weighted by Crippen LogP contribution is 2.12. The summed E-state index contributed by atoms with van der Waals surface area (Å²) in [6.45, 7) is 3.02. The van der Waals surface area contributed by atoms with Crippen LogP contribution in [0.15, 0.2) is 28.7 Å². The summed E-state index contributed by atoms with van der Waals surface area (Å²) in [5.41, 5.74) is 1.24. The summed E-state index contributed by atoms with van der Waals surface area (Å²) in [5, 5.41) is 6.38. The second kappa shape index (κ2) is 8.65. The largest absolute Gasteiger partial charge is 0.352 e. The van der Waals surface area contributed by atoms with Gasteiger partial charge in [-0.3, -0.25) is 4.79 Å². The third-order valence-electron chi connectivity index (χ3n) is 3.47. The zero-order valence-electron chi connectivity index (χ0n) is 11.7. The summed E-state index contributed by atoms with van der Waals surface area (Å²) in [7, 11) is 0. The van der Waals surface area contributed by atoms with E-state index in [0.29, 0.717) is 0 Å². The zero-order valence-corrected chi connectivity index (χ0v) is 14.1. The van der Waals surface area contributed by atoms with E-state index in [1.165, 1.54) is 12.0 Å². The first-order valence-corrected chi connectivity index (χ1v) is 7.72. The fraction of sp³-hybridized carbons (Fsp3) is 0.533. The molecule has 1 heterocycles. The lowest BCUT2D eigenvalue weighted by Gasteiger charge is -2.24. The molecular formula is C15H22BrClN2O. The maximum Gasteiger partial charge on any atom is 0.237 e. The van der Waals surface area contributed by atoms with Crippen LogP contribution in [0.25, 0.3) is 0 Å². The Labute approximate surface area is 135 Å². The van der Waals surface area contributed by atoms with Crippen LogP contribution in [0.4, 0.5) is 0 Å². The van der Waals surface area contributed by atoms with Gasteiger partial charge in [0.05, 0.1) is 6.04 Å². The van der Waals surface area contributed by atoms with Gasteiger partial charge < -0.3 is 10.6 Å². The van der Waals surface area contributed by atoms with E-state index in [9.17, 15) is 4.79 Å². The number of nitrogens with one attached hydrogen (secondary N) is 2. The van der Waals surface area contributed by atoms with E-state index in [4.69, 9.17) is 0 Å². The normalized spacial score (nSPS) is 19.8. The highest BCUT2D eigenvalue weighted by molar-refractivity contribution is 9.10. The Morgan fingerprint density at radius 3 is 2.70 bits per heavy atom. The molecule has 1 saturated heterocycles. The standard InChI is InChI=1S/C15H21BrN2O.ClH/c1-11(10-12-5-7-13(16)8-6-12)18-15(19)14-4-2-3-9-17-14;/h5-8,11,14,17H,2-4,9-10H2,1H3,(H,18,19);1H. The number of halogens is 2. The van der Waals surface area contributed by atoms with Crippen molar-refractivity contribution in [3.63, 3.8) is 0 Å². The maximum absolute atomic E-state index is 12.1. The fourth-order valence-electron chi connectivity index (χ4n) is 2.44. The molecule has 3 nitrogen and oxygen atoms in total. The van der Waals surface area contributed by atoms with Crippen LogP contribution in [0.2, 0.25) is 0 Å². The van der Waals surface area contributed by atoms with Crippen molar-refractivity contribution in [1.82, 2.24) is 10.6 Å². The molecule has 1 aliphatic rings. The second-order valence-electron chi connectivity index (χ2n) is 5.24. The zero-order chi connectivity index (χ0) is 13.7. The molecule has 20 heavy (non-hydrogen) atoms. The van der Waals surface area contributed by atoms with Crippen LogP contribution in [0.1, 0.15) is 31.7 Å². The van der Waals surface area contributed by atoms with E-state index >= 15 is 0 Å². The van der Waals surface area contributed by atoms with Gasteiger partial charge in [0.25, 0.3) is 0 Å². The van der Waals surface area contributed by atoms with Crippen LogP contribution >= 0.6 is 28.3 Å². The molecule has 0 aliphatic carbocycles. The van der Waals surface area contributed by atoms with E-state index < -0.39 is 0 Å². The molecule has 2 atom stereocenters. The summed E-state index contributed by atoms with van der Waals surface area (Å²) in [6.07, 6.45) is 4.15. The van der Waals surface area contributed by atoms with Crippen LogP contribution in [0, 0.1) is 0 Å². The van der Waals surface area contributed by atoms with Crippen molar-refractivity contribution in [3.8, 4) is 0 Å². The molecular weight excluding hydrogens is 340 g/mol. The number of carbonyl (C=O) groups is 1. The second-order valence-corrected chi connectivity index (χ2v) is 6.16. The van der Waals surface area contributed by atoms with Gasteiger partial charge in [0.15, 0.2) is 0 Å². The Hall–Kier alpha value is -0.580. The van der Waals surface area contributed by atoms with Crippen LogP contribution < -0.4 is 10.6 Å². The molecule has 0 saturated carbocycles. The molecule has 0 bridgehead atoms. The van der Waals surface area contributed by atoms with Crippen LogP contribution in [-0.2, 0) is 11.2 Å². The number of carbonyl (C=O) groups excluding carboxylic acids is 1. The van der Waals surface area contributed by atoms with E-state index in [-0.39, 0.29) is 30.4 Å². The van der Waals surface area contributed by atoms with E-state index in [1.54, 1.807) is 0 Å². The van der Waals surface area contributed by atoms with E-state index in [0.717, 1.165) is 30.3 Å². The van der Waals surface area contributed by atoms with Crippen LogP contribution in [0.3, 0.4) is 0 Å². The van der Waals surface area contributed by atoms with Crippen LogP contribution in [0.5, 0.6) is 0 Å². The van der Waals surface area contributed by atoms with Crippen molar-refractivity contribution in [2.45, 2.75) is 44.7 Å². The van der Waals surface area contributed by atoms with Gasteiger partial charge in [0, 0.05) is 10.5 Å². The quantitative estimate of drug-likeness (QED) is 0.865. The van der Waals surface area contributed by atoms with Gasteiger partial charge >= 0.3 is 0 Å². The lowest BCUT2D eigenvalue weighted by atomic mass is 10.0. The van der Waals surface area contributed by atoms with Crippen molar-refractivity contribution < 1.29 is 4.79 Å². The highest BCUT2D eigenvalue weighted by atomic mass is 79.9. The summed E-state index contributed by atoms with van der Waals surface area (Å²) >= 11 is 3.43. The molecule has 1 aromatic carbocycles. The predicted molar refractivity (Wildman–Crippen MR) is 88.3 cm³/mol. The Bertz CT molecular complexity index is 418. The molecule has 112 valence electrons. The highest BCUT2D eigenvalue weighted by Gasteiger charge is 2.21. The molecule has 2 N–H and O–H groups in total. The topological polar surface area (TPSA) is 41.1 Å². The average Bonchev–Trinajstić information content (AvgIpc) is 2.42. The lowest BCUT2D eigenvalue weighted by molar-refractivity contribution is -0.124. The molecule has 0 spiro atoms. The summed E-state index contributed by atoms with van der Waals surface area (Å²) in [4.78, 5) is 12.1. The number of hydrogen-bond donors (Lipinski definition) is 2. The molecule has 1 amide bonds. The Morgan fingerprint density at radius 1 is 1.40 bits per heavy atom. The van der Waals surface area contributed by atoms with Crippen molar-refractivity contribution in [3.05, 3.63) is 34.3 Å². The third kappa shape index (κ3) is 5.43. The van der Waals surface area contributed by atoms with Gasteiger partial charge in [-0.25, -0.2) is 0 Å². The molecule has 2 unspecified atom stereocenters. The molecule has 0 radical (unpaired) electrons. The Balaban J connectivity index is 0.00000200. The van der Waals surface area contributed by atoms with Gasteiger partial charge in [-0.1, -0.05) is 34.5 Å². The van der Waals surface area contributed by atoms with Crippen molar-refractivity contribution in [2.75, 3.05) is 6.54 Å². The predicted octanol–water partition coefficient (Wildman–Crippen LogP) is 3.06. The van der Waals surface area contributed by atoms with Gasteiger partial charge in [-0.2, -0.15) is 0 Å². The SMILES string of the molecule is CC(Cc1ccc(Br)cc1)NC(=O)C1CCCCN1.Cl. The first-order chi connectivity index (χ1) is 9.15. The van der Waals surface area contributed by atoms with Crippen LogP contribution in [-0.4, -0.2) is 24.5 Å². The molecule has 1 aliphatic heterocycles. The minimum absolute atomic E-state index is 0. The molecule has 1 aromatic rings. The van der Waals surface area contributed by atoms with Gasteiger partial charge in [-0.05, 0) is 50.4 Å². The minimum atomic E-state index is 0. The first kappa shape index (κ1) is 17.5. The maximum atomic E-state index is 12.1. The fourth-order valence-corrected chi connectivity index (χ4v) is 2.71. The summed E-state index contributed by atoms with van der Waals surface area (Å²) < 4.78 is 1.08. The number of amides is 1. The smallest absolute Gasteiger partial charge is 0.237 e. The van der Waals surface area contributed by atoms with Crippen molar-refractivity contribution in [2.24, 2.45) is 0 Å². The molecule has 5 heteroatoms. The molecule has 1 fully saturated rings. The number of piperidine rings is 1. The lowest BCUT2D eigenvalue weighted by Crippen LogP contribution is -2.49. The summed E-state index contributed by atoms with van der Waals surface area (Å²) in [5.74, 6) is 0.143. The number of hydrogen-bond acceptors (Lipinski definition) is 2. The van der Waals surface area contributed by atoms with E-state index in [2.05, 4.69) is 45.6 Å². The number of rotatable bonds is 4. The Morgan fingerprint density at radius 2 is 2.10 bits per heavy atom. The Kier molecular flexibility index (Phi) is 7.56.